The second-order valence-corrected chi connectivity index (χ2v) is 3.55. The molecular weight excluding hydrogens is 281 g/mol. The molecule has 0 aliphatic heterocycles. The van der Waals surface area contributed by atoms with Gasteiger partial charge in [-0.15, -0.1) is 0 Å². The van der Waals surface area contributed by atoms with Gasteiger partial charge in [-0.3, -0.25) is 9.78 Å². The fraction of sp³-hybridized carbons (Fsp3) is 0.143. The van der Waals surface area contributed by atoms with Crippen LogP contribution in [0.2, 0.25) is 5.02 Å². The van der Waals surface area contributed by atoms with E-state index >= 15 is 0 Å². The zero-order valence-electron chi connectivity index (χ0n) is 6.60. The molecule has 1 amide bonds. The van der Waals surface area contributed by atoms with Crippen LogP contribution in [0.1, 0.15) is 22.5 Å². The van der Waals surface area contributed by atoms with Crippen LogP contribution in [0.15, 0.2) is 10.7 Å². The van der Waals surface area contributed by atoms with Crippen LogP contribution in [-0.4, -0.2) is 10.9 Å². The second-order valence-electron chi connectivity index (χ2n) is 2.35. The van der Waals surface area contributed by atoms with Crippen LogP contribution < -0.4 is 5.73 Å². The Morgan fingerprint density at radius 3 is 2.64 bits per heavy atom. The smallest absolute Gasteiger partial charge is 0.281 e. The minimum absolute atomic E-state index is 0.0389. The van der Waals surface area contributed by atoms with Crippen LogP contribution in [0.4, 0.5) is 8.78 Å². The molecule has 2 N–H and O–H groups in total. The third kappa shape index (κ3) is 2.01. The van der Waals surface area contributed by atoms with Crippen molar-refractivity contribution in [2.75, 3.05) is 0 Å². The highest BCUT2D eigenvalue weighted by molar-refractivity contribution is 9.10. The number of nitrogens with two attached hydrogens (primary N) is 1. The van der Waals surface area contributed by atoms with Crippen LogP contribution in [0, 0.1) is 0 Å². The summed E-state index contributed by atoms with van der Waals surface area (Å²) >= 11 is 8.47. The Kier molecular flexibility index (Phi) is 3.38. The molecule has 0 spiro atoms. The summed E-state index contributed by atoms with van der Waals surface area (Å²) in [6, 6.07) is 0. The van der Waals surface area contributed by atoms with Gasteiger partial charge in [0.1, 0.15) is 5.69 Å². The lowest BCUT2D eigenvalue weighted by Crippen LogP contribution is -2.16. The first-order valence-electron chi connectivity index (χ1n) is 3.37. The van der Waals surface area contributed by atoms with Gasteiger partial charge >= 0.3 is 0 Å². The predicted octanol–water partition coefficient (Wildman–Crippen LogP) is 2.53. The van der Waals surface area contributed by atoms with Crippen molar-refractivity contribution < 1.29 is 13.6 Å². The summed E-state index contributed by atoms with van der Waals surface area (Å²) in [6.45, 7) is 0. The molecule has 0 unspecified atom stereocenters. The van der Waals surface area contributed by atoms with E-state index in [4.69, 9.17) is 17.3 Å². The maximum atomic E-state index is 12.4. The molecule has 0 saturated carbocycles. The third-order valence-electron chi connectivity index (χ3n) is 1.46. The zero-order chi connectivity index (χ0) is 10.9. The van der Waals surface area contributed by atoms with Gasteiger partial charge in [0.05, 0.1) is 15.1 Å². The first-order valence-corrected chi connectivity index (χ1v) is 4.54. The summed E-state index contributed by atoms with van der Waals surface area (Å²) in [5.41, 5.74) is 3.87. The second kappa shape index (κ2) is 4.18. The van der Waals surface area contributed by atoms with Crippen LogP contribution >= 0.6 is 27.5 Å². The summed E-state index contributed by atoms with van der Waals surface area (Å²) in [5, 5.41) is 0.0585. The standard InChI is InChI=1S/C7H4BrClF2N2O/c8-4-2(9)1-13-5(6(10)11)3(4)7(12)14/h1,6H,(H2,12,14). The third-order valence-corrected chi connectivity index (χ3v) is 2.79. The number of pyridine rings is 1. The Labute approximate surface area is 91.4 Å². The van der Waals surface area contributed by atoms with Crippen molar-refractivity contribution in [3.05, 3.63) is 26.9 Å². The van der Waals surface area contributed by atoms with Crippen molar-refractivity contribution in [3.63, 3.8) is 0 Å². The van der Waals surface area contributed by atoms with Gasteiger partial charge in [-0.25, -0.2) is 8.78 Å². The van der Waals surface area contributed by atoms with E-state index in [-0.39, 0.29) is 15.1 Å². The summed E-state index contributed by atoms with van der Waals surface area (Å²) in [5.74, 6) is -0.998. The molecule has 1 heterocycles. The van der Waals surface area contributed by atoms with Gasteiger partial charge in [0.15, 0.2) is 0 Å². The Hall–Kier alpha value is -0.750. The number of primary amides is 1. The topological polar surface area (TPSA) is 56.0 Å². The number of alkyl halides is 2. The van der Waals surface area contributed by atoms with Crippen LogP contribution in [-0.2, 0) is 0 Å². The highest BCUT2D eigenvalue weighted by Crippen LogP contribution is 2.31. The molecule has 3 nitrogen and oxygen atoms in total. The van der Waals surface area contributed by atoms with Gasteiger partial charge in [0.25, 0.3) is 12.3 Å². The molecule has 1 aromatic rings. The molecule has 14 heavy (non-hydrogen) atoms. The molecule has 0 aliphatic carbocycles. The fourth-order valence-electron chi connectivity index (χ4n) is 0.879. The van der Waals surface area contributed by atoms with E-state index in [1.807, 2.05) is 0 Å². The highest BCUT2D eigenvalue weighted by atomic mass is 79.9. The molecule has 1 aromatic heterocycles. The normalized spacial score (nSPS) is 10.6. The highest BCUT2D eigenvalue weighted by Gasteiger charge is 2.22. The van der Waals surface area contributed by atoms with E-state index < -0.39 is 18.0 Å². The van der Waals surface area contributed by atoms with E-state index in [1.165, 1.54) is 0 Å². The van der Waals surface area contributed by atoms with Crippen molar-refractivity contribution in [2.45, 2.75) is 6.43 Å². The lowest BCUT2D eigenvalue weighted by Gasteiger charge is -2.07. The van der Waals surface area contributed by atoms with Crippen molar-refractivity contribution >= 4 is 33.4 Å². The Morgan fingerprint density at radius 2 is 2.21 bits per heavy atom. The number of rotatable bonds is 2. The number of nitrogens with zero attached hydrogens (tertiary/aromatic N) is 1. The van der Waals surface area contributed by atoms with E-state index in [0.717, 1.165) is 6.20 Å². The SMILES string of the molecule is NC(=O)c1c(C(F)F)ncc(Cl)c1Br. The largest absolute Gasteiger partial charge is 0.366 e. The van der Waals surface area contributed by atoms with Crippen molar-refractivity contribution in [3.8, 4) is 0 Å². The minimum Gasteiger partial charge on any atom is -0.366 e. The van der Waals surface area contributed by atoms with Gasteiger partial charge in [0.2, 0.25) is 0 Å². The van der Waals surface area contributed by atoms with E-state index in [2.05, 4.69) is 20.9 Å². The number of aromatic nitrogens is 1. The first kappa shape index (κ1) is 11.3. The molecule has 0 saturated heterocycles. The average Bonchev–Trinajstić information content (AvgIpc) is 2.08. The maximum absolute atomic E-state index is 12.4. The van der Waals surface area contributed by atoms with Gasteiger partial charge in [-0.2, -0.15) is 0 Å². The molecular formula is C7H4BrClF2N2O. The predicted molar refractivity (Wildman–Crippen MR) is 50.4 cm³/mol. The van der Waals surface area contributed by atoms with Crippen LogP contribution in [0.3, 0.4) is 0 Å². The van der Waals surface area contributed by atoms with Crippen LogP contribution in [0.25, 0.3) is 0 Å². The van der Waals surface area contributed by atoms with Crippen molar-refractivity contribution in [1.29, 1.82) is 0 Å². The van der Waals surface area contributed by atoms with Crippen molar-refractivity contribution in [2.24, 2.45) is 5.73 Å². The number of hydrogen-bond acceptors (Lipinski definition) is 2. The van der Waals surface area contributed by atoms with Crippen LogP contribution in [0.5, 0.6) is 0 Å². The molecule has 76 valence electrons. The number of amides is 1. The lowest BCUT2D eigenvalue weighted by molar-refractivity contribution is 0.0982. The molecule has 7 heteroatoms. The fourth-order valence-corrected chi connectivity index (χ4v) is 1.52. The summed E-state index contributed by atoms with van der Waals surface area (Å²) in [6.07, 6.45) is -1.84. The van der Waals surface area contributed by atoms with Gasteiger partial charge < -0.3 is 5.73 Å². The number of hydrogen-bond donors (Lipinski definition) is 1. The lowest BCUT2D eigenvalue weighted by atomic mass is 10.2. The van der Waals surface area contributed by atoms with Gasteiger partial charge in [-0.05, 0) is 15.9 Å². The van der Waals surface area contributed by atoms with Gasteiger partial charge in [0, 0.05) is 6.20 Å². The monoisotopic (exact) mass is 284 g/mol. The maximum Gasteiger partial charge on any atom is 0.281 e. The zero-order valence-corrected chi connectivity index (χ0v) is 8.94. The number of carbonyl (C=O) groups is 1. The molecule has 0 aromatic carbocycles. The molecule has 1 rings (SSSR count). The van der Waals surface area contributed by atoms with E-state index in [9.17, 15) is 13.6 Å². The molecule has 0 fully saturated rings. The average molecular weight is 285 g/mol. The van der Waals surface area contributed by atoms with Crippen molar-refractivity contribution in [1.82, 2.24) is 4.98 Å². The Balaban J connectivity index is 3.45. The molecule has 0 aliphatic rings. The number of carbonyl (C=O) groups excluding carboxylic acids is 1. The quantitative estimate of drug-likeness (QED) is 0.908. The molecule has 0 bridgehead atoms. The summed E-state index contributed by atoms with van der Waals surface area (Å²) in [7, 11) is 0. The van der Waals surface area contributed by atoms with Gasteiger partial charge in [-0.1, -0.05) is 11.6 Å². The Bertz CT molecular complexity index is 386. The minimum atomic E-state index is -2.87. The first-order chi connectivity index (χ1) is 6.45. The molecule has 0 radical (unpaired) electrons. The molecule has 0 atom stereocenters. The Morgan fingerprint density at radius 1 is 1.64 bits per heavy atom. The van der Waals surface area contributed by atoms with E-state index in [0.29, 0.717) is 0 Å². The summed E-state index contributed by atoms with van der Waals surface area (Å²) < 4.78 is 24.8. The summed E-state index contributed by atoms with van der Waals surface area (Å²) in [4.78, 5) is 14.2. The number of halogens is 4. The van der Waals surface area contributed by atoms with E-state index in [1.54, 1.807) is 0 Å².